The van der Waals surface area contributed by atoms with Crippen LogP contribution in [0.1, 0.15) is 42.4 Å². The molecule has 3 aromatic carbocycles. The molecule has 44 heavy (non-hydrogen) atoms. The summed E-state index contributed by atoms with van der Waals surface area (Å²) >= 11 is 0. The average molecular weight is 602 g/mol. The Balaban J connectivity index is 1.47. The lowest BCUT2D eigenvalue weighted by atomic mass is 9.69. The second kappa shape index (κ2) is 13.9. The minimum atomic E-state index is -1.33. The van der Waals surface area contributed by atoms with Crippen LogP contribution in [0.4, 0.5) is 0 Å². The fraction of sp³-hybridized carbons (Fsp3) is 0.444. The first-order valence-electron chi connectivity index (χ1n) is 15.2. The normalized spacial score (nSPS) is 23.4. The maximum atomic E-state index is 13.2. The summed E-state index contributed by atoms with van der Waals surface area (Å²) in [7, 11) is 4.28. The van der Waals surface area contributed by atoms with E-state index < -0.39 is 28.9 Å². The summed E-state index contributed by atoms with van der Waals surface area (Å²) in [5, 5.41) is 0. The number of carbonyl (C=O) groups is 2. The summed E-state index contributed by atoms with van der Waals surface area (Å²) in [6, 6.07) is 27.5. The maximum Gasteiger partial charge on any atom is 0.323 e. The van der Waals surface area contributed by atoms with E-state index in [0.29, 0.717) is 45.3 Å². The molecule has 0 aromatic heterocycles. The van der Waals surface area contributed by atoms with Gasteiger partial charge in [0.2, 0.25) is 0 Å². The molecule has 0 unspecified atom stereocenters. The van der Waals surface area contributed by atoms with Gasteiger partial charge in [0.25, 0.3) is 0 Å². The predicted octanol–water partition coefficient (Wildman–Crippen LogP) is 5.26. The fourth-order valence-corrected chi connectivity index (χ4v) is 7.13. The Morgan fingerprint density at radius 2 is 1.41 bits per heavy atom. The van der Waals surface area contributed by atoms with E-state index in [9.17, 15) is 9.59 Å². The minimum absolute atomic E-state index is 0.194. The number of nitrogens with two attached hydrogens (primary N) is 1. The van der Waals surface area contributed by atoms with Crippen molar-refractivity contribution in [2.75, 3.05) is 21.3 Å². The first-order valence-corrected chi connectivity index (χ1v) is 15.2. The van der Waals surface area contributed by atoms with Gasteiger partial charge in [0.1, 0.15) is 5.75 Å². The summed E-state index contributed by atoms with van der Waals surface area (Å²) in [6.07, 6.45) is 2.12. The maximum absolute atomic E-state index is 13.2. The van der Waals surface area contributed by atoms with Gasteiger partial charge < -0.3 is 29.4 Å². The Kier molecular flexibility index (Phi) is 10.0. The van der Waals surface area contributed by atoms with Crippen molar-refractivity contribution >= 4 is 11.9 Å². The van der Waals surface area contributed by atoms with E-state index >= 15 is 0 Å². The van der Waals surface area contributed by atoms with Gasteiger partial charge in [0, 0.05) is 12.0 Å². The SMILES string of the molecule is COC(=O)C1(C(=O)OC)C[C@]12CC[C@H](OCc1ccccc1)[C@@H]([C@H](OCc1ccccc1)[C@@H](N)Cc1ccc(OC)cc1)C2. The van der Waals surface area contributed by atoms with Crippen LogP contribution >= 0.6 is 0 Å². The molecule has 234 valence electrons. The topological polar surface area (TPSA) is 106 Å². The standard InChI is InChI=1S/C36H43NO7/c1-40-28-16-14-25(15-17-28)20-30(37)32(44-23-27-12-8-5-9-13-27)29-21-35(24-36(35,33(38)41-2)34(39)42-3)19-18-31(29)43-22-26-10-6-4-7-11-26/h4-17,29-32H,18-24,37H2,1-3H3/t29-,30-,31-,32-,35+/m0/s1. The molecule has 2 aliphatic carbocycles. The van der Waals surface area contributed by atoms with Crippen LogP contribution in [0, 0.1) is 16.7 Å². The predicted molar refractivity (Wildman–Crippen MR) is 166 cm³/mol. The van der Waals surface area contributed by atoms with Gasteiger partial charge in [-0.2, -0.15) is 0 Å². The largest absolute Gasteiger partial charge is 0.497 e. The third-order valence-electron chi connectivity index (χ3n) is 9.53. The molecule has 5 atom stereocenters. The highest BCUT2D eigenvalue weighted by Gasteiger charge is 2.79. The number of benzene rings is 3. The number of rotatable bonds is 13. The van der Waals surface area contributed by atoms with Crippen LogP contribution in [-0.2, 0) is 48.2 Å². The molecule has 2 N–H and O–H groups in total. The van der Waals surface area contributed by atoms with Crippen LogP contribution < -0.4 is 10.5 Å². The van der Waals surface area contributed by atoms with E-state index in [1.54, 1.807) is 7.11 Å². The summed E-state index contributed by atoms with van der Waals surface area (Å²) in [5.74, 6) is -0.508. The average Bonchev–Trinajstić information content (AvgIpc) is 3.72. The van der Waals surface area contributed by atoms with Gasteiger partial charge in [-0.1, -0.05) is 72.8 Å². The highest BCUT2D eigenvalue weighted by molar-refractivity contribution is 6.05. The molecule has 8 heteroatoms. The van der Waals surface area contributed by atoms with Crippen molar-refractivity contribution in [3.63, 3.8) is 0 Å². The van der Waals surface area contributed by atoms with Crippen LogP contribution in [0.25, 0.3) is 0 Å². The molecule has 0 saturated heterocycles. The van der Waals surface area contributed by atoms with Gasteiger partial charge in [-0.05, 0) is 66.3 Å². The van der Waals surface area contributed by atoms with Crippen molar-refractivity contribution in [3.8, 4) is 5.75 Å². The zero-order chi connectivity index (χ0) is 31.2. The number of hydrogen-bond acceptors (Lipinski definition) is 8. The van der Waals surface area contributed by atoms with E-state index in [-0.39, 0.29) is 18.1 Å². The van der Waals surface area contributed by atoms with Gasteiger partial charge in [-0.25, -0.2) is 0 Å². The zero-order valence-corrected chi connectivity index (χ0v) is 25.8. The first-order chi connectivity index (χ1) is 21.4. The van der Waals surface area contributed by atoms with Crippen molar-refractivity contribution in [1.82, 2.24) is 0 Å². The molecule has 5 rings (SSSR count). The smallest absolute Gasteiger partial charge is 0.323 e. The first kappa shape index (κ1) is 31.7. The van der Waals surface area contributed by atoms with Crippen molar-refractivity contribution < 1.29 is 33.3 Å². The molecular weight excluding hydrogens is 558 g/mol. The number of carbonyl (C=O) groups excluding carboxylic acids is 2. The monoisotopic (exact) mass is 601 g/mol. The van der Waals surface area contributed by atoms with Crippen LogP contribution in [0.15, 0.2) is 84.9 Å². The van der Waals surface area contributed by atoms with E-state index in [2.05, 4.69) is 0 Å². The Bertz CT molecular complexity index is 1360. The van der Waals surface area contributed by atoms with E-state index in [0.717, 1.165) is 22.4 Å². The minimum Gasteiger partial charge on any atom is -0.497 e. The van der Waals surface area contributed by atoms with Crippen LogP contribution in [0.3, 0.4) is 0 Å². The van der Waals surface area contributed by atoms with Crippen LogP contribution in [0.2, 0.25) is 0 Å². The number of hydrogen-bond donors (Lipinski definition) is 1. The third kappa shape index (κ3) is 6.53. The number of esters is 2. The van der Waals surface area contributed by atoms with Crippen molar-refractivity contribution in [3.05, 3.63) is 102 Å². The molecule has 8 nitrogen and oxygen atoms in total. The molecule has 2 fully saturated rings. The lowest BCUT2D eigenvalue weighted by Gasteiger charge is -2.43. The highest BCUT2D eigenvalue weighted by atomic mass is 16.5. The number of ether oxygens (including phenoxy) is 5. The van der Waals surface area contributed by atoms with Crippen LogP contribution in [-0.4, -0.2) is 51.5 Å². The van der Waals surface area contributed by atoms with E-state index in [1.807, 2.05) is 84.9 Å². The van der Waals surface area contributed by atoms with Crippen molar-refractivity contribution in [2.45, 2.75) is 63.6 Å². The second-order valence-corrected chi connectivity index (χ2v) is 12.1. The van der Waals surface area contributed by atoms with Gasteiger partial charge in [-0.15, -0.1) is 0 Å². The molecular formula is C36H43NO7. The Morgan fingerprint density at radius 1 is 0.818 bits per heavy atom. The Morgan fingerprint density at radius 3 is 1.98 bits per heavy atom. The molecule has 0 aliphatic heterocycles. The molecule has 2 saturated carbocycles. The lowest BCUT2D eigenvalue weighted by molar-refractivity contribution is -0.167. The summed E-state index contributed by atoms with van der Waals surface area (Å²) < 4.78 is 29.0. The van der Waals surface area contributed by atoms with Crippen molar-refractivity contribution in [2.24, 2.45) is 22.5 Å². The Labute approximate surface area is 259 Å². The fourth-order valence-electron chi connectivity index (χ4n) is 7.13. The van der Waals surface area contributed by atoms with Gasteiger partial charge >= 0.3 is 11.9 Å². The third-order valence-corrected chi connectivity index (χ3v) is 9.53. The van der Waals surface area contributed by atoms with Gasteiger partial charge in [0.05, 0.1) is 46.8 Å². The molecule has 0 bridgehead atoms. The van der Waals surface area contributed by atoms with E-state index in [1.165, 1.54) is 14.2 Å². The summed E-state index contributed by atoms with van der Waals surface area (Å²) in [4.78, 5) is 26.3. The lowest BCUT2D eigenvalue weighted by Crippen LogP contribution is -2.51. The van der Waals surface area contributed by atoms with Crippen LogP contribution in [0.5, 0.6) is 5.75 Å². The molecule has 3 aromatic rings. The second-order valence-electron chi connectivity index (χ2n) is 12.1. The summed E-state index contributed by atoms with van der Waals surface area (Å²) in [6.45, 7) is 0.809. The zero-order valence-electron chi connectivity index (χ0n) is 25.8. The number of methoxy groups -OCH3 is 3. The Hall–Kier alpha value is -3.72. The van der Waals surface area contributed by atoms with Crippen molar-refractivity contribution in [1.29, 1.82) is 0 Å². The molecule has 2 aliphatic rings. The molecule has 0 radical (unpaired) electrons. The molecule has 0 amide bonds. The van der Waals surface area contributed by atoms with Gasteiger partial charge in [0.15, 0.2) is 5.41 Å². The van der Waals surface area contributed by atoms with E-state index in [4.69, 9.17) is 29.4 Å². The quantitative estimate of drug-likeness (QED) is 0.209. The molecule has 1 spiro atoms. The molecule has 0 heterocycles. The summed E-state index contributed by atoms with van der Waals surface area (Å²) in [5.41, 5.74) is 8.26. The highest BCUT2D eigenvalue weighted by Crippen LogP contribution is 2.72. The van der Waals surface area contributed by atoms with Gasteiger partial charge in [-0.3, -0.25) is 9.59 Å².